The molecule has 0 amide bonds. The molecule has 4 heteroatoms. The second-order valence-electron chi connectivity index (χ2n) is 6.88. The summed E-state index contributed by atoms with van der Waals surface area (Å²) < 4.78 is 26.5. The van der Waals surface area contributed by atoms with Gasteiger partial charge in [-0.1, -0.05) is 20.4 Å². The number of hydrogen-bond donors (Lipinski definition) is 0. The topological polar surface area (TPSA) is 47.0 Å². The molecular formula is C19H23NO2S. The van der Waals surface area contributed by atoms with Crippen molar-refractivity contribution in [2.45, 2.75) is 51.3 Å². The molecule has 0 atom stereocenters. The highest BCUT2D eigenvalue weighted by atomic mass is 32.2. The van der Waals surface area contributed by atoms with E-state index in [1.54, 1.807) is 6.20 Å². The Hall–Kier alpha value is -1.68. The quantitative estimate of drug-likeness (QED) is 0.837. The maximum Gasteiger partial charge on any atom is 0.203 e. The van der Waals surface area contributed by atoms with Crippen LogP contribution in [0.2, 0.25) is 0 Å². The van der Waals surface area contributed by atoms with Gasteiger partial charge in [-0.15, -0.1) is 0 Å². The molecule has 1 aliphatic carbocycles. The Labute approximate surface area is 138 Å². The second kappa shape index (κ2) is 5.75. The zero-order valence-electron chi connectivity index (χ0n) is 14.0. The molecule has 1 aromatic heterocycles. The Morgan fingerprint density at radius 3 is 2.74 bits per heavy atom. The second-order valence-corrected chi connectivity index (χ2v) is 8.88. The van der Waals surface area contributed by atoms with Crippen LogP contribution in [-0.4, -0.2) is 13.4 Å². The molecule has 0 aliphatic heterocycles. The fourth-order valence-electron chi connectivity index (χ4n) is 3.43. The summed E-state index contributed by atoms with van der Waals surface area (Å²) in [4.78, 5) is 5.14. The number of fused-ring (bicyclic) bond motifs is 2. The summed E-state index contributed by atoms with van der Waals surface area (Å²) in [6.45, 7) is 9.82. The lowest BCUT2D eigenvalue weighted by molar-refractivity contribution is 0.590. The molecule has 0 spiro atoms. The van der Waals surface area contributed by atoms with E-state index in [0.29, 0.717) is 16.2 Å². The van der Waals surface area contributed by atoms with Crippen LogP contribution in [0.4, 0.5) is 0 Å². The Bertz CT molecular complexity index is 895. The molecule has 0 N–H and O–H groups in total. The maximum atomic E-state index is 13.2. The third-order valence-electron chi connectivity index (χ3n) is 4.47. The SMILES string of the molecule is C=C(CC(C)C)S(=O)(=O)c1c2c(cc3cnc(C)cc13)CCC2. The minimum atomic E-state index is -3.52. The van der Waals surface area contributed by atoms with E-state index in [4.69, 9.17) is 0 Å². The highest BCUT2D eigenvalue weighted by Crippen LogP contribution is 2.38. The van der Waals surface area contributed by atoms with E-state index in [0.717, 1.165) is 46.9 Å². The van der Waals surface area contributed by atoms with Crippen molar-refractivity contribution in [3.05, 3.63) is 46.6 Å². The molecule has 2 aromatic rings. The van der Waals surface area contributed by atoms with Gasteiger partial charge in [-0.25, -0.2) is 8.42 Å². The number of benzene rings is 1. The van der Waals surface area contributed by atoms with Crippen LogP contribution in [0.1, 0.15) is 43.5 Å². The van der Waals surface area contributed by atoms with Crippen molar-refractivity contribution in [2.75, 3.05) is 0 Å². The standard InChI is InChI=1S/C19H23NO2S/c1-12(2)8-14(4)23(21,22)19-17-7-5-6-15(17)10-16-11-20-13(3)9-18(16)19/h9-12H,4-8H2,1-3H3. The van der Waals surface area contributed by atoms with E-state index in [-0.39, 0.29) is 5.92 Å². The van der Waals surface area contributed by atoms with Crippen molar-refractivity contribution in [2.24, 2.45) is 5.92 Å². The summed E-state index contributed by atoms with van der Waals surface area (Å²) in [6, 6.07) is 4.00. The van der Waals surface area contributed by atoms with Gasteiger partial charge in [0.1, 0.15) is 0 Å². The van der Waals surface area contributed by atoms with Crippen LogP contribution >= 0.6 is 0 Å². The summed E-state index contributed by atoms with van der Waals surface area (Å²) in [6.07, 6.45) is 5.07. The number of hydrogen-bond acceptors (Lipinski definition) is 3. The van der Waals surface area contributed by atoms with Crippen LogP contribution in [0.15, 0.2) is 34.7 Å². The monoisotopic (exact) mass is 329 g/mol. The number of aryl methyl sites for hydroxylation is 2. The lowest BCUT2D eigenvalue weighted by Gasteiger charge is -2.16. The van der Waals surface area contributed by atoms with Gasteiger partial charge in [-0.3, -0.25) is 4.98 Å². The molecule has 0 saturated carbocycles. The number of pyridine rings is 1. The third kappa shape index (κ3) is 2.80. The van der Waals surface area contributed by atoms with Crippen molar-refractivity contribution in [3.63, 3.8) is 0 Å². The molecule has 0 bridgehead atoms. The van der Waals surface area contributed by atoms with Gasteiger partial charge in [0.15, 0.2) is 0 Å². The van der Waals surface area contributed by atoms with E-state index in [9.17, 15) is 8.42 Å². The first-order chi connectivity index (χ1) is 10.8. The zero-order chi connectivity index (χ0) is 16.8. The van der Waals surface area contributed by atoms with Crippen molar-refractivity contribution >= 4 is 20.6 Å². The Morgan fingerprint density at radius 1 is 1.30 bits per heavy atom. The lowest BCUT2D eigenvalue weighted by atomic mass is 10.0. The van der Waals surface area contributed by atoms with Crippen LogP contribution in [-0.2, 0) is 22.7 Å². The molecule has 1 heterocycles. The van der Waals surface area contributed by atoms with Crippen molar-refractivity contribution in [1.29, 1.82) is 0 Å². The molecule has 3 rings (SSSR count). The fraction of sp³-hybridized carbons (Fsp3) is 0.421. The van der Waals surface area contributed by atoms with E-state index in [2.05, 4.69) is 17.6 Å². The van der Waals surface area contributed by atoms with Crippen LogP contribution < -0.4 is 0 Å². The summed E-state index contributed by atoms with van der Waals surface area (Å²) >= 11 is 0. The molecule has 3 nitrogen and oxygen atoms in total. The van der Waals surface area contributed by atoms with E-state index >= 15 is 0 Å². The van der Waals surface area contributed by atoms with Crippen molar-refractivity contribution in [1.82, 2.24) is 4.98 Å². The summed E-state index contributed by atoms with van der Waals surface area (Å²) in [7, 11) is -3.52. The number of allylic oxidation sites excluding steroid dienone is 1. The molecule has 0 unspecified atom stereocenters. The minimum absolute atomic E-state index is 0.267. The summed E-state index contributed by atoms with van der Waals surface area (Å²) in [5.41, 5.74) is 2.98. The molecule has 23 heavy (non-hydrogen) atoms. The van der Waals surface area contributed by atoms with Crippen LogP contribution in [0, 0.1) is 12.8 Å². The average Bonchev–Trinajstić information content (AvgIpc) is 2.91. The molecule has 0 radical (unpaired) electrons. The Balaban J connectivity index is 2.31. The van der Waals surface area contributed by atoms with Gasteiger partial charge in [0.25, 0.3) is 0 Å². The van der Waals surface area contributed by atoms with Crippen molar-refractivity contribution < 1.29 is 8.42 Å². The molecule has 1 aromatic carbocycles. The molecule has 0 fully saturated rings. The Kier molecular flexibility index (Phi) is 4.05. The van der Waals surface area contributed by atoms with E-state index in [1.165, 1.54) is 0 Å². The van der Waals surface area contributed by atoms with Gasteiger partial charge in [0.2, 0.25) is 9.84 Å². The van der Waals surface area contributed by atoms with Gasteiger partial charge in [0.05, 0.1) is 4.90 Å². The fourth-order valence-corrected chi connectivity index (χ4v) is 5.30. The van der Waals surface area contributed by atoms with Gasteiger partial charge >= 0.3 is 0 Å². The molecule has 122 valence electrons. The average molecular weight is 329 g/mol. The van der Waals surface area contributed by atoms with Crippen molar-refractivity contribution in [3.8, 4) is 0 Å². The predicted molar refractivity (Wildman–Crippen MR) is 94.3 cm³/mol. The smallest absolute Gasteiger partial charge is 0.203 e. The number of nitrogens with zero attached hydrogens (tertiary/aromatic N) is 1. The molecular weight excluding hydrogens is 306 g/mol. The summed E-state index contributed by atoms with van der Waals surface area (Å²) in [5, 5.41) is 1.70. The maximum absolute atomic E-state index is 13.2. The first-order valence-electron chi connectivity index (χ1n) is 8.14. The van der Waals surface area contributed by atoms with Gasteiger partial charge in [-0.05, 0) is 61.8 Å². The Morgan fingerprint density at radius 2 is 2.04 bits per heavy atom. The van der Waals surface area contributed by atoms with Crippen LogP contribution in [0.5, 0.6) is 0 Å². The predicted octanol–water partition coefficient (Wildman–Crippen LogP) is 4.37. The summed E-state index contributed by atoms with van der Waals surface area (Å²) in [5.74, 6) is 0.267. The first kappa shape index (κ1) is 16.2. The van der Waals surface area contributed by atoms with E-state index < -0.39 is 9.84 Å². The van der Waals surface area contributed by atoms with E-state index in [1.807, 2.05) is 26.8 Å². The van der Waals surface area contributed by atoms with Crippen LogP contribution in [0.3, 0.4) is 0 Å². The third-order valence-corrected chi connectivity index (χ3v) is 6.40. The van der Waals surface area contributed by atoms with Gasteiger partial charge in [0, 0.05) is 27.6 Å². The number of aromatic nitrogens is 1. The lowest BCUT2D eigenvalue weighted by Crippen LogP contribution is -2.10. The van der Waals surface area contributed by atoms with Crippen LogP contribution in [0.25, 0.3) is 10.8 Å². The molecule has 0 saturated heterocycles. The highest BCUT2D eigenvalue weighted by Gasteiger charge is 2.29. The first-order valence-corrected chi connectivity index (χ1v) is 9.63. The zero-order valence-corrected chi connectivity index (χ0v) is 14.8. The highest BCUT2D eigenvalue weighted by molar-refractivity contribution is 7.95. The minimum Gasteiger partial charge on any atom is -0.261 e. The number of rotatable bonds is 4. The largest absolute Gasteiger partial charge is 0.261 e. The normalized spacial score (nSPS) is 14.4. The number of sulfone groups is 1. The van der Waals surface area contributed by atoms with Gasteiger partial charge < -0.3 is 0 Å². The molecule has 1 aliphatic rings. The van der Waals surface area contributed by atoms with Gasteiger partial charge in [-0.2, -0.15) is 0 Å².